The lowest BCUT2D eigenvalue weighted by Gasteiger charge is -2.38. The Morgan fingerprint density at radius 1 is 0.675 bits per heavy atom. The van der Waals surface area contributed by atoms with Crippen LogP contribution in [0, 0.1) is 35.2 Å². The highest BCUT2D eigenvalue weighted by atomic mass is 19.2. The number of ether oxygens (including phenoxy) is 1. The van der Waals surface area contributed by atoms with Crippen molar-refractivity contribution < 1.29 is 17.9 Å². The van der Waals surface area contributed by atoms with Gasteiger partial charge in [-0.05, 0) is 103 Å². The number of rotatable bonds is 9. The van der Waals surface area contributed by atoms with Crippen LogP contribution in [0.3, 0.4) is 0 Å². The number of methoxy groups -OCH3 is 1. The van der Waals surface area contributed by atoms with Crippen LogP contribution in [0.4, 0.5) is 13.2 Å². The Bertz CT molecular complexity index is 1250. The van der Waals surface area contributed by atoms with Gasteiger partial charge in [-0.3, -0.25) is 0 Å². The van der Waals surface area contributed by atoms with Crippen molar-refractivity contribution >= 4 is 0 Å². The Kier molecular flexibility index (Phi) is 9.55. The molecule has 0 saturated heterocycles. The van der Waals surface area contributed by atoms with Crippen molar-refractivity contribution in [3.63, 3.8) is 0 Å². The van der Waals surface area contributed by atoms with E-state index in [0.29, 0.717) is 11.5 Å². The van der Waals surface area contributed by atoms with Crippen LogP contribution in [-0.4, -0.2) is 7.11 Å². The van der Waals surface area contributed by atoms with Crippen molar-refractivity contribution in [1.82, 2.24) is 0 Å². The Hall–Kier alpha value is -2.75. The fraction of sp³-hybridized carbons (Fsp3) is 0.500. The molecule has 2 saturated carbocycles. The predicted molar refractivity (Wildman–Crippen MR) is 158 cm³/mol. The van der Waals surface area contributed by atoms with Crippen LogP contribution in [0.1, 0.15) is 95.5 Å². The van der Waals surface area contributed by atoms with E-state index in [2.05, 4.69) is 6.92 Å². The molecule has 40 heavy (non-hydrogen) atoms. The second-order valence-electron chi connectivity index (χ2n) is 12.1. The maximum Gasteiger partial charge on any atom is 0.201 e. The van der Waals surface area contributed by atoms with Crippen LogP contribution >= 0.6 is 0 Å². The zero-order valence-corrected chi connectivity index (χ0v) is 24.0. The minimum absolute atomic E-state index is 0.123. The number of hydrogen-bond donors (Lipinski definition) is 0. The molecule has 0 N–H and O–H groups in total. The van der Waals surface area contributed by atoms with Crippen molar-refractivity contribution in [2.45, 2.75) is 89.9 Å². The van der Waals surface area contributed by atoms with E-state index in [1.54, 1.807) is 18.2 Å². The summed E-state index contributed by atoms with van der Waals surface area (Å²) in [5, 5.41) is 0. The van der Waals surface area contributed by atoms with Gasteiger partial charge in [-0.25, -0.2) is 8.78 Å². The molecule has 0 atom stereocenters. The molecule has 0 radical (unpaired) electrons. The molecule has 0 amide bonds. The summed E-state index contributed by atoms with van der Waals surface area (Å²) >= 11 is 0. The Morgan fingerprint density at radius 2 is 1.30 bits per heavy atom. The maximum atomic E-state index is 15.4. The number of halogens is 3. The van der Waals surface area contributed by atoms with Crippen molar-refractivity contribution in [2.24, 2.45) is 17.8 Å². The molecule has 0 aliphatic heterocycles. The Labute approximate surface area is 238 Å². The van der Waals surface area contributed by atoms with E-state index in [1.165, 1.54) is 83.5 Å². The molecular formula is C36H43F3O. The van der Waals surface area contributed by atoms with Crippen molar-refractivity contribution in [2.75, 3.05) is 7.11 Å². The van der Waals surface area contributed by atoms with Gasteiger partial charge >= 0.3 is 0 Å². The topological polar surface area (TPSA) is 9.23 Å². The molecule has 2 aliphatic carbocycles. The summed E-state index contributed by atoms with van der Waals surface area (Å²) in [6, 6.07) is 15.7. The van der Waals surface area contributed by atoms with Crippen molar-refractivity contribution in [3.8, 4) is 28.0 Å². The fourth-order valence-electron chi connectivity index (χ4n) is 7.33. The highest BCUT2D eigenvalue weighted by Gasteiger charge is 2.32. The van der Waals surface area contributed by atoms with E-state index in [-0.39, 0.29) is 17.1 Å². The van der Waals surface area contributed by atoms with Crippen LogP contribution in [0.5, 0.6) is 5.75 Å². The normalized spacial score (nSPS) is 23.2. The number of unbranched alkanes of at least 4 members (excludes halogenated alkanes) is 2. The van der Waals surface area contributed by atoms with Gasteiger partial charge in [-0.2, -0.15) is 4.39 Å². The zero-order chi connectivity index (χ0) is 28.1. The molecule has 3 aromatic rings. The van der Waals surface area contributed by atoms with Gasteiger partial charge < -0.3 is 4.74 Å². The third kappa shape index (κ3) is 6.42. The maximum absolute atomic E-state index is 15.4. The highest BCUT2D eigenvalue weighted by molar-refractivity contribution is 5.71. The molecule has 2 aliphatic rings. The van der Waals surface area contributed by atoms with Gasteiger partial charge in [0.15, 0.2) is 11.6 Å². The molecule has 0 bridgehead atoms. The molecule has 214 valence electrons. The first-order chi connectivity index (χ1) is 19.5. The summed E-state index contributed by atoms with van der Waals surface area (Å²) in [5.74, 6) is 0.746. The van der Waals surface area contributed by atoms with Crippen LogP contribution in [0.2, 0.25) is 0 Å². The number of benzene rings is 3. The summed E-state index contributed by atoms with van der Waals surface area (Å²) in [5.41, 5.74) is 3.20. The van der Waals surface area contributed by atoms with E-state index in [4.69, 9.17) is 4.74 Å². The highest BCUT2D eigenvalue weighted by Crippen LogP contribution is 2.45. The lowest BCUT2D eigenvalue weighted by Crippen LogP contribution is -2.25. The van der Waals surface area contributed by atoms with Crippen LogP contribution < -0.4 is 4.74 Å². The summed E-state index contributed by atoms with van der Waals surface area (Å²) < 4.78 is 48.9. The largest absolute Gasteiger partial charge is 0.494 e. The quantitative estimate of drug-likeness (QED) is 0.242. The summed E-state index contributed by atoms with van der Waals surface area (Å²) in [6.07, 6.45) is 15.7. The van der Waals surface area contributed by atoms with Gasteiger partial charge in [-0.1, -0.05) is 81.8 Å². The smallest absolute Gasteiger partial charge is 0.201 e. The molecule has 0 unspecified atom stereocenters. The fourth-order valence-corrected chi connectivity index (χ4v) is 7.33. The van der Waals surface area contributed by atoms with Crippen LogP contribution in [-0.2, 0) is 0 Å². The van der Waals surface area contributed by atoms with Gasteiger partial charge in [0.1, 0.15) is 5.82 Å². The minimum Gasteiger partial charge on any atom is -0.494 e. The van der Waals surface area contributed by atoms with Crippen molar-refractivity contribution in [3.05, 3.63) is 77.6 Å². The molecular weight excluding hydrogens is 505 g/mol. The lowest BCUT2D eigenvalue weighted by molar-refractivity contribution is 0.155. The lowest BCUT2D eigenvalue weighted by atomic mass is 9.68. The molecule has 2 fully saturated rings. The average Bonchev–Trinajstić information content (AvgIpc) is 2.99. The standard InChI is InChI=1S/C36H43F3O/c1-3-4-5-6-24-7-9-25(10-8-24)26-11-15-28(16-12-26)31-20-19-30(23-33(31)37)27-13-17-29(18-14-27)32-21-22-34(40-2)36(39)35(32)38/h13-14,17-26,28H,3-12,15-16H2,1-2H3. The molecule has 0 heterocycles. The van der Waals surface area contributed by atoms with Crippen molar-refractivity contribution in [1.29, 1.82) is 0 Å². The first-order valence-electron chi connectivity index (χ1n) is 15.4. The molecule has 1 nitrogen and oxygen atoms in total. The summed E-state index contributed by atoms with van der Waals surface area (Å²) in [7, 11) is 1.31. The van der Waals surface area contributed by atoms with E-state index in [0.717, 1.165) is 47.3 Å². The first kappa shape index (κ1) is 28.8. The third-order valence-corrected chi connectivity index (χ3v) is 9.78. The Balaban J connectivity index is 1.17. The molecule has 5 rings (SSSR count). The van der Waals surface area contributed by atoms with E-state index in [1.807, 2.05) is 24.3 Å². The second-order valence-corrected chi connectivity index (χ2v) is 12.1. The van der Waals surface area contributed by atoms with Gasteiger partial charge in [0.2, 0.25) is 5.82 Å². The minimum atomic E-state index is -0.999. The zero-order valence-electron chi connectivity index (χ0n) is 24.0. The van der Waals surface area contributed by atoms with E-state index >= 15 is 4.39 Å². The molecule has 0 spiro atoms. The summed E-state index contributed by atoms with van der Waals surface area (Å²) in [6.45, 7) is 2.28. The molecule has 0 aromatic heterocycles. The SMILES string of the molecule is CCCCCC1CCC(C2CCC(c3ccc(-c4ccc(-c5ccc(OC)c(F)c5F)cc4)cc3F)CC2)CC1. The molecule has 3 aromatic carbocycles. The van der Waals surface area contributed by atoms with Gasteiger partial charge in [0, 0.05) is 5.56 Å². The average molecular weight is 549 g/mol. The molecule has 4 heteroatoms. The van der Waals surface area contributed by atoms with Gasteiger partial charge in [0.05, 0.1) is 7.11 Å². The van der Waals surface area contributed by atoms with Crippen LogP contribution in [0.15, 0.2) is 54.6 Å². The Morgan fingerprint density at radius 3 is 1.93 bits per heavy atom. The van der Waals surface area contributed by atoms with Gasteiger partial charge in [-0.15, -0.1) is 0 Å². The third-order valence-electron chi connectivity index (χ3n) is 9.78. The second kappa shape index (κ2) is 13.3. The monoisotopic (exact) mass is 548 g/mol. The van der Waals surface area contributed by atoms with E-state index in [9.17, 15) is 8.78 Å². The first-order valence-corrected chi connectivity index (χ1v) is 15.4. The van der Waals surface area contributed by atoms with E-state index < -0.39 is 11.6 Å². The predicted octanol–water partition coefficient (Wildman–Crippen LogP) is 11.1. The van der Waals surface area contributed by atoms with Crippen LogP contribution in [0.25, 0.3) is 22.3 Å². The number of hydrogen-bond acceptors (Lipinski definition) is 1. The van der Waals surface area contributed by atoms with Gasteiger partial charge in [0.25, 0.3) is 0 Å². The summed E-state index contributed by atoms with van der Waals surface area (Å²) in [4.78, 5) is 0.